The topological polar surface area (TPSA) is 41.4 Å². The average molecular weight is 354 g/mol. The van der Waals surface area contributed by atoms with Crippen molar-refractivity contribution in [2.45, 2.75) is 33.2 Å². The van der Waals surface area contributed by atoms with Gasteiger partial charge in [0.15, 0.2) is 6.04 Å². The fourth-order valence-electron chi connectivity index (χ4n) is 3.34. The molecule has 1 aliphatic rings. The van der Waals surface area contributed by atoms with Gasteiger partial charge in [-0.2, -0.15) is 5.10 Å². The van der Waals surface area contributed by atoms with Gasteiger partial charge in [0.1, 0.15) is 0 Å². The summed E-state index contributed by atoms with van der Waals surface area (Å²) in [6.45, 7) is 11.4. The standard InChI is InChI=1S/C21H30N4O/c1-21(2,3)10-13-23-14-16-24(17-15-23)20(26)19(25-12-7-11-22-25)18-8-5-4-6-9-18/h4-9,11-12,19H,10,13-17H2,1-3H3. The highest BCUT2D eigenvalue weighted by Gasteiger charge is 2.30. The van der Waals surface area contributed by atoms with Gasteiger partial charge in [0.2, 0.25) is 0 Å². The minimum atomic E-state index is -0.382. The predicted molar refractivity (Wildman–Crippen MR) is 104 cm³/mol. The van der Waals surface area contributed by atoms with Gasteiger partial charge >= 0.3 is 0 Å². The van der Waals surface area contributed by atoms with E-state index in [1.807, 2.05) is 47.5 Å². The van der Waals surface area contributed by atoms with Crippen molar-refractivity contribution in [1.82, 2.24) is 19.6 Å². The zero-order valence-corrected chi connectivity index (χ0v) is 16.1. The Kier molecular flexibility index (Phi) is 5.77. The summed E-state index contributed by atoms with van der Waals surface area (Å²) in [5.41, 5.74) is 1.34. The molecule has 5 heteroatoms. The molecule has 1 aromatic carbocycles. The van der Waals surface area contributed by atoms with Gasteiger partial charge in [-0.15, -0.1) is 0 Å². The van der Waals surface area contributed by atoms with Crippen LogP contribution in [0.3, 0.4) is 0 Å². The van der Waals surface area contributed by atoms with Crippen LogP contribution in [0.4, 0.5) is 0 Å². The minimum absolute atomic E-state index is 0.135. The van der Waals surface area contributed by atoms with E-state index in [0.29, 0.717) is 5.41 Å². The first kappa shape index (κ1) is 18.6. The SMILES string of the molecule is CC(C)(C)CCN1CCN(C(=O)C(c2ccccc2)n2cccn2)CC1. The van der Waals surface area contributed by atoms with E-state index >= 15 is 0 Å². The zero-order valence-electron chi connectivity index (χ0n) is 16.1. The van der Waals surface area contributed by atoms with Crippen molar-refractivity contribution in [2.75, 3.05) is 32.7 Å². The number of hydrogen-bond donors (Lipinski definition) is 0. The maximum Gasteiger partial charge on any atom is 0.252 e. The summed E-state index contributed by atoms with van der Waals surface area (Å²) in [6, 6.07) is 11.4. The largest absolute Gasteiger partial charge is 0.338 e. The van der Waals surface area contributed by atoms with Crippen LogP contribution in [0.5, 0.6) is 0 Å². The number of rotatable bonds is 5. The van der Waals surface area contributed by atoms with Crippen LogP contribution in [0.15, 0.2) is 48.8 Å². The normalized spacial score (nSPS) is 17.3. The third-order valence-corrected chi connectivity index (χ3v) is 5.00. The Morgan fingerprint density at radius 3 is 2.35 bits per heavy atom. The Morgan fingerprint density at radius 2 is 1.77 bits per heavy atom. The summed E-state index contributed by atoms with van der Waals surface area (Å²) in [5.74, 6) is 0.135. The van der Waals surface area contributed by atoms with E-state index in [-0.39, 0.29) is 11.9 Å². The monoisotopic (exact) mass is 354 g/mol. The van der Waals surface area contributed by atoms with E-state index in [0.717, 1.165) is 38.3 Å². The van der Waals surface area contributed by atoms with Crippen molar-refractivity contribution in [3.63, 3.8) is 0 Å². The number of nitrogens with zero attached hydrogens (tertiary/aromatic N) is 4. The molecule has 1 saturated heterocycles. The maximum atomic E-state index is 13.3. The highest BCUT2D eigenvalue weighted by molar-refractivity contribution is 5.83. The van der Waals surface area contributed by atoms with Gasteiger partial charge in [0.05, 0.1) is 0 Å². The average Bonchev–Trinajstić information content (AvgIpc) is 3.15. The molecule has 0 N–H and O–H groups in total. The van der Waals surface area contributed by atoms with E-state index in [2.05, 4.69) is 30.8 Å². The smallest absolute Gasteiger partial charge is 0.252 e. The highest BCUT2D eigenvalue weighted by atomic mass is 16.2. The third kappa shape index (κ3) is 4.73. The van der Waals surface area contributed by atoms with Crippen molar-refractivity contribution in [3.8, 4) is 0 Å². The van der Waals surface area contributed by atoms with Gasteiger partial charge in [-0.3, -0.25) is 14.4 Å². The Bertz CT molecular complexity index is 683. The second-order valence-electron chi connectivity index (χ2n) is 8.28. The van der Waals surface area contributed by atoms with E-state index in [1.165, 1.54) is 6.42 Å². The second kappa shape index (κ2) is 8.04. The maximum absolute atomic E-state index is 13.3. The van der Waals surface area contributed by atoms with Gasteiger partial charge < -0.3 is 4.90 Å². The van der Waals surface area contributed by atoms with Crippen LogP contribution in [0.2, 0.25) is 0 Å². The molecule has 1 aromatic heterocycles. The molecule has 0 radical (unpaired) electrons. The summed E-state index contributed by atoms with van der Waals surface area (Å²) < 4.78 is 1.77. The fraction of sp³-hybridized carbons (Fsp3) is 0.524. The second-order valence-corrected chi connectivity index (χ2v) is 8.28. The van der Waals surface area contributed by atoms with Crippen molar-refractivity contribution in [1.29, 1.82) is 0 Å². The first-order chi connectivity index (χ1) is 12.4. The van der Waals surface area contributed by atoms with Crippen molar-refractivity contribution < 1.29 is 4.79 Å². The van der Waals surface area contributed by atoms with E-state index in [9.17, 15) is 4.79 Å². The lowest BCUT2D eigenvalue weighted by atomic mass is 9.92. The molecular formula is C21H30N4O. The first-order valence-electron chi connectivity index (χ1n) is 9.49. The lowest BCUT2D eigenvalue weighted by Gasteiger charge is -2.37. The molecule has 1 fully saturated rings. The Hall–Kier alpha value is -2.14. The van der Waals surface area contributed by atoms with Gasteiger partial charge in [0.25, 0.3) is 5.91 Å². The molecule has 5 nitrogen and oxygen atoms in total. The molecule has 26 heavy (non-hydrogen) atoms. The van der Waals surface area contributed by atoms with Gasteiger partial charge in [-0.25, -0.2) is 0 Å². The van der Waals surface area contributed by atoms with E-state index in [1.54, 1.807) is 10.9 Å². The Morgan fingerprint density at radius 1 is 1.08 bits per heavy atom. The number of aromatic nitrogens is 2. The third-order valence-electron chi connectivity index (χ3n) is 5.00. The summed E-state index contributed by atoms with van der Waals surface area (Å²) in [4.78, 5) is 17.7. The molecule has 3 rings (SSSR count). The van der Waals surface area contributed by atoms with Crippen LogP contribution in [-0.4, -0.2) is 58.2 Å². The van der Waals surface area contributed by atoms with Crippen molar-refractivity contribution in [2.24, 2.45) is 5.41 Å². The van der Waals surface area contributed by atoms with Crippen molar-refractivity contribution >= 4 is 5.91 Å². The van der Waals surface area contributed by atoms with Crippen LogP contribution >= 0.6 is 0 Å². The number of piperazine rings is 1. The molecule has 140 valence electrons. The number of hydrogen-bond acceptors (Lipinski definition) is 3. The molecule has 1 amide bonds. The van der Waals surface area contributed by atoms with Crippen LogP contribution in [0, 0.1) is 5.41 Å². The molecule has 0 saturated carbocycles. The fourth-order valence-corrected chi connectivity index (χ4v) is 3.34. The molecule has 2 heterocycles. The molecule has 1 aliphatic heterocycles. The summed E-state index contributed by atoms with van der Waals surface area (Å²) in [6.07, 6.45) is 4.78. The van der Waals surface area contributed by atoms with Gasteiger partial charge in [-0.1, -0.05) is 51.1 Å². The molecule has 0 spiro atoms. The predicted octanol–water partition coefficient (Wildman–Crippen LogP) is 3.05. The Balaban J connectivity index is 1.66. The highest BCUT2D eigenvalue weighted by Crippen LogP contribution is 2.22. The molecule has 0 aliphatic carbocycles. The van der Waals surface area contributed by atoms with Crippen LogP contribution in [0.25, 0.3) is 0 Å². The molecule has 0 bridgehead atoms. The van der Waals surface area contributed by atoms with Crippen LogP contribution in [0.1, 0.15) is 38.8 Å². The molecule has 2 aromatic rings. The van der Waals surface area contributed by atoms with Crippen LogP contribution < -0.4 is 0 Å². The van der Waals surface area contributed by atoms with Crippen LogP contribution in [-0.2, 0) is 4.79 Å². The summed E-state index contributed by atoms with van der Waals surface area (Å²) in [5, 5.41) is 4.34. The molecular weight excluding hydrogens is 324 g/mol. The number of carbonyl (C=O) groups excluding carboxylic acids is 1. The summed E-state index contributed by atoms with van der Waals surface area (Å²) in [7, 11) is 0. The van der Waals surface area contributed by atoms with Gasteiger partial charge in [-0.05, 0) is 30.0 Å². The quantitative estimate of drug-likeness (QED) is 0.829. The lowest BCUT2D eigenvalue weighted by molar-refractivity contribution is -0.135. The molecule has 1 atom stereocenters. The number of benzene rings is 1. The Labute approximate surface area is 156 Å². The van der Waals surface area contributed by atoms with Crippen molar-refractivity contribution in [3.05, 3.63) is 54.4 Å². The van der Waals surface area contributed by atoms with Gasteiger partial charge in [0, 0.05) is 38.6 Å². The number of amides is 1. The lowest BCUT2D eigenvalue weighted by Crippen LogP contribution is -2.51. The van der Waals surface area contributed by atoms with E-state index < -0.39 is 0 Å². The zero-order chi connectivity index (χ0) is 18.6. The number of carbonyl (C=O) groups is 1. The van der Waals surface area contributed by atoms with E-state index in [4.69, 9.17) is 0 Å². The molecule has 1 unspecified atom stereocenters. The summed E-state index contributed by atoms with van der Waals surface area (Å²) >= 11 is 0. The minimum Gasteiger partial charge on any atom is -0.338 e. The first-order valence-corrected chi connectivity index (χ1v) is 9.49.